The highest BCUT2D eigenvalue weighted by Gasteiger charge is 2.07. The van der Waals surface area contributed by atoms with Crippen molar-refractivity contribution in [3.8, 4) is 0 Å². The molecule has 0 aliphatic rings. The third kappa shape index (κ3) is 4.37. The Labute approximate surface area is 136 Å². The van der Waals surface area contributed by atoms with Gasteiger partial charge in [-0.25, -0.2) is 4.57 Å². The number of aryl methyl sites for hydroxylation is 3. The summed E-state index contributed by atoms with van der Waals surface area (Å²) < 4.78 is 31.7. The summed E-state index contributed by atoms with van der Waals surface area (Å²) in [6.07, 6.45) is 2.08. The first kappa shape index (κ1) is 17.1. The lowest BCUT2D eigenvalue weighted by Gasteiger charge is -1.98. The molecular formula is C18H20NO3S+. The Hall–Kier alpha value is -2.24. The van der Waals surface area contributed by atoms with Gasteiger partial charge in [-0.05, 0) is 38.1 Å². The van der Waals surface area contributed by atoms with Crippen molar-refractivity contribution in [1.82, 2.24) is 0 Å². The summed E-state index contributed by atoms with van der Waals surface area (Å²) in [5.74, 6) is 0. The Bertz CT molecular complexity index is 880. The van der Waals surface area contributed by atoms with Gasteiger partial charge in [-0.2, -0.15) is 8.42 Å². The van der Waals surface area contributed by atoms with Crippen molar-refractivity contribution in [1.29, 1.82) is 0 Å². The van der Waals surface area contributed by atoms with E-state index in [4.69, 9.17) is 4.55 Å². The van der Waals surface area contributed by atoms with Gasteiger partial charge in [0, 0.05) is 17.0 Å². The zero-order chi connectivity index (χ0) is 17.0. The van der Waals surface area contributed by atoms with Crippen LogP contribution in [0.5, 0.6) is 0 Å². The first-order chi connectivity index (χ1) is 10.8. The summed E-state index contributed by atoms with van der Waals surface area (Å²) >= 11 is 0. The lowest BCUT2D eigenvalue weighted by Crippen LogP contribution is -2.28. The molecule has 0 spiro atoms. The third-order valence-corrected chi connectivity index (χ3v) is 4.39. The average Bonchev–Trinajstić information content (AvgIpc) is 2.48. The summed E-state index contributed by atoms with van der Waals surface area (Å²) in [5, 5.41) is 1.31. The number of hydrogen-bond donors (Lipinski definition) is 1. The normalized spacial score (nSPS) is 11.0. The number of aromatic nitrogens is 1. The van der Waals surface area contributed by atoms with E-state index in [0.29, 0.717) is 0 Å². The molecule has 1 aromatic heterocycles. The summed E-state index contributed by atoms with van der Waals surface area (Å²) in [6.45, 7) is 3.98. The molecular weight excluding hydrogens is 310 g/mol. The molecule has 0 atom stereocenters. The van der Waals surface area contributed by atoms with Crippen LogP contribution in [0.15, 0.2) is 65.7 Å². The van der Waals surface area contributed by atoms with Crippen molar-refractivity contribution >= 4 is 21.0 Å². The monoisotopic (exact) mass is 330 g/mol. The van der Waals surface area contributed by atoms with Crippen molar-refractivity contribution in [3.63, 3.8) is 0 Å². The summed E-state index contributed by atoms with van der Waals surface area (Å²) in [4.78, 5) is -0.0666. The van der Waals surface area contributed by atoms with Crippen LogP contribution in [-0.2, 0) is 17.2 Å². The molecule has 2 aromatic carbocycles. The molecule has 120 valence electrons. The van der Waals surface area contributed by atoms with Gasteiger partial charge in [0.2, 0.25) is 5.52 Å². The molecule has 0 aliphatic carbocycles. The smallest absolute Gasteiger partial charge is 0.282 e. The van der Waals surface area contributed by atoms with Crippen LogP contribution in [-0.4, -0.2) is 13.0 Å². The lowest BCUT2D eigenvalue weighted by molar-refractivity contribution is -0.645. The Balaban J connectivity index is 0.000000168. The average molecular weight is 330 g/mol. The molecule has 3 rings (SSSR count). The first-order valence-corrected chi connectivity index (χ1v) is 8.61. The molecule has 0 saturated heterocycles. The Kier molecular flexibility index (Phi) is 5.13. The minimum atomic E-state index is -4.02. The van der Waals surface area contributed by atoms with Gasteiger partial charge in [-0.1, -0.05) is 29.8 Å². The van der Waals surface area contributed by atoms with Crippen LogP contribution in [0.4, 0.5) is 0 Å². The third-order valence-electron chi connectivity index (χ3n) is 3.53. The van der Waals surface area contributed by atoms with Crippen LogP contribution in [0, 0.1) is 13.8 Å². The molecule has 1 N–H and O–H groups in total. The van der Waals surface area contributed by atoms with Crippen LogP contribution >= 0.6 is 0 Å². The summed E-state index contributed by atoms with van der Waals surface area (Å²) in [6, 6.07) is 16.6. The first-order valence-electron chi connectivity index (χ1n) is 7.17. The Morgan fingerprint density at radius 1 is 0.913 bits per heavy atom. The molecule has 23 heavy (non-hydrogen) atoms. The van der Waals surface area contributed by atoms with E-state index in [0.717, 1.165) is 5.56 Å². The predicted octanol–water partition coefficient (Wildman–Crippen LogP) is 3.21. The zero-order valence-corrected chi connectivity index (χ0v) is 14.2. The maximum Gasteiger partial charge on any atom is 0.294 e. The van der Waals surface area contributed by atoms with E-state index in [1.807, 2.05) is 6.92 Å². The van der Waals surface area contributed by atoms with Crippen molar-refractivity contribution in [2.24, 2.45) is 7.05 Å². The molecule has 0 bridgehead atoms. The Morgan fingerprint density at radius 2 is 1.52 bits per heavy atom. The van der Waals surface area contributed by atoms with Gasteiger partial charge in [-0.15, -0.1) is 0 Å². The number of rotatable bonds is 1. The van der Waals surface area contributed by atoms with Gasteiger partial charge in [0.05, 0.1) is 4.90 Å². The number of para-hydroxylation sites is 1. The molecule has 0 fully saturated rings. The highest BCUT2D eigenvalue weighted by atomic mass is 32.2. The molecule has 5 heteroatoms. The van der Waals surface area contributed by atoms with Crippen molar-refractivity contribution in [2.75, 3.05) is 0 Å². The quantitative estimate of drug-likeness (QED) is 0.550. The van der Waals surface area contributed by atoms with Crippen molar-refractivity contribution < 1.29 is 17.5 Å². The van der Waals surface area contributed by atoms with Gasteiger partial charge in [0.15, 0.2) is 6.20 Å². The van der Waals surface area contributed by atoms with E-state index in [9.17, 15) is 8.42 Å². The number of hydrogen-bond acceptors (Lipinski definition) is 2. The van der Waals surface area contributed by atoms with Gasteiger partial charge >= 0.3 is 0 Å². The number of fused-ring (bicyclic) bond motifs is 1. The van der Waals surface area contributed by atoms with Gasteiger partial charge in [0.1, 0.15) is 7.05 Å². The predicted molar refractivity (Wildman–Crippen MR) is 90.9 cm³/mol. The van der Waals surface area contributed by atoms with E-state index < -0.39 is 10.1 Å². The molecule has 3 aromatic rings. The Morgan fingerprint density at radius 3 is 2.09 bits per heavy atom. The van der Waals surface area contributed by atoms with Crippen LogP contribution in [0.25, 0.3) is 10.9 Å². The van der Waals surface area contributed by atoms with Crippen molar-refractivity contribution in [2.45, 2.75) is 18.7 Å². The molecule has 0 saturated carbocycles. The maximum atomic E-state index is 10.5. The number of nitrogens with zero attached hydrogens (tertiary/aromatic N) is 1. The fourth-order valence-electron chi connectivity index (χ4n) is 2.36. The second kappa shape index (κ2) is 6.89. The molecule has 0 aliphatic heterocycles. The van der Waals surface area contributed by atoms with E-state index in [1.165, 1.54) is 28.6 Å². The fourth-order valence-corrected chi connectivity index (χ4v) is 2.84. The molecule has 0 amide bonds. The van der Waals surface area contributed by atoms with E-state index >= 15 is 0 Å². The second-order valence-corrected chi connectivity index (χ2v) is 6.84. The highest BCUT2D eigenvalue weighted by Crippen LogP contribution is 2.12. The van der Waals surface area contributed by atoms with E-state index in [1.54, 1.807) is 12.1 Å². The summed E-state index contributed by atoms with van der Waals surface area (Å²) in [7, 11) is -1.94. The summed E-state index contributed by atoms with van der Waals surface area (Å²) in [5.41, 5.74) is 3.60. The zero-order valence-electron chi connectivity index (χ0n) is 13.4. The minimum Gasteiger partial charge on any atom is -0.282 e. The lowest BCUT2D eigenvalue weighted by atomic mass is 10.1. The van der Waals surface area contributed by atoms with Crippen LogP contribution in [0.2, 0.25) is 0 Å². The van der Waals surface area contributed by atoms with Crippen LogP contribution in [0.3, 0.4) is 0 Å². The van der Waals surface area contributed by atoms with Gasteiger partial charge in [-0.3, -0.25) is 4.55 Å². The standard InChI is InChI=1S/C11H12N.C7H8O3S/c1-9-5-3-6-10-7-4-8-12(2)11(9)10;1-6-2-4-7(5-3-6)11(8,9)10/h3-8H,1-2H3;2-5H,1H3,(H,8,9,10)/q+1;. The van der Waals surface area contributed by atoms with Crippen molar-refractivity contribution in [3.05, 3.63) is 71.9 Å². The molecule has 0 radical (unpaired) electrons. The minimum absolute atomic E-state index is 0.0666. The fraction of sp³-hybridized carbons (Fsp3) is 0.167. The van der Waals surface area contributed by atoms with Crippen LogP contribution in [0.1, 0.15) is 11.1 Å². The van der Waals surface area contributed by atoms with E-state index in [-0.39, 0.29) is 4.90 Å². The van der Waals surface area contributed by atoms with Crippen LogP contribution < -0.4 is 4.57 Å². The highest BCUT2D eigenvalue weighted by molar-refractivity contribution is 7.85. The second-order valence-electron chi connectivity index (χ2n) is 5.42. The topological polar surface area (TPSA) is 58.3 Å². The van der Waals surface area contributed by atoms with Gasteiger partial charge < -0.3 is 0 Å². The van der Waals surface area contributed by atoms with E-state index in [2.05, 4.69) is 55.1 Å². The number of pyridine rings is 1. The van der Waals surface area contributed by atoms with Gasteiger partial charge in [0.25, 0.3) is 10.1 Å². The maximum absolute atomic E-state index is 10.5. The largest absolute Gasteiger partial charge is 0.294 e. The molecule has 4 nitrogen and oxygen atoms in total. The molecule has 1 heterocycles. The molecule has 0 unspecified atom stereocenters. The SMILES string of the molecule is Cc1ccc(S(=O)(=O)O)cc1.Cc1cccc2ccc[n+](C)c12. The number of benzene rings is 2.